The molecule has 0 spiro atoms. The van der Waals surface area contributed by atoms with Crippen molar-refractivity contribution in [3.8, 4) is 23.7 Å². The summed E-state index contributed by atoms with van der Waals surface area (Å²) in [4.78, 5) is 25.2. The molecule has 0 heterocycles. The van der Waals surface area contributed by atoms with Crippen molar-refractivity contribution in [3.05, 3.63) is 66.6 Å². The van der Waals surface area contributed by atoms with Crippen LogP contribution >= 0.6 is 31.9 Å². The molecule has 0 radical (unpaired) electrons. The summed E-state index contributed by atoms with van der Waals surface area (Å²) in [5, 5.41) is 0. The van der Waals surface area contributed by atoms with Crippen LogP contribution in [0.2, 0.25) is 0 Å². The highest BCUT2D eigenvalue weighted by Gasteiger charge is 2.16. The van der Waals surface area contributed by atoms with Crippen molar-refractivity contribution >= 4 is 43.8 Å². The predicted molar refractivity (Wildman–Crippen MR) is 142 cm³/mol. The van der Waals surface area contributed by atoms with E-state index >= 15 is 0 Å². The zero-order valence-corrected chi connectivity index (χ0v) is 23.1. The molecule has 2 rings (SSSR count). The van der Waals surface area contributed by atoms with Gasteiger partial charge >= 0.3 is 11.9 Å². The smallest absolute Gasteiger partial charge is 0.339 e. The molecule has 0 aromatic heterocycles. The molecular weight excluding hydrogens is 560 g/mol. The number of rotatable bonds is 8. The first-order chi connectivity index (χ1) is 16.3. The van der Waals surface area contributed by atoms with E-state index in [1.807, 2.05) is 39.8 Å². The monoisotopic (exact) mass is 586 g/mol. The number of esters is 2. The second-order valence-electron chi connectivity index (χ2n) is 7.82. The van der Waals surface area contributed by atoms with Gasteiger partial charge in [-0.1, -0.05) is 38.5 Å². The minimum atomic E-state index is -0.409. The highest BCUT2D eigenvalue weighted by molar-refractivity contribution is 9.10. The largest absolute Gasteiger partial charge is 0.462 e. The van der Waals surface area contributed by atoms with E-state index in [0.29, 0.717) is 44.4 Å². The summed E-state index contributed by atoms with van der Waals surface area (Å²) < 4.78 is 12.2. The Morgan fingerprint density at radius 1 is 0.735 bits per heavy atom. The molecule has 0 amide bonds. The molecule has 0 unspecified atom stereocenters. The van der Waals surface area contributed by atoms with Gasteiger partial charge < -0.3 is 9.47 Å². The maximum Gasteiger partial charge on any atom is 0.339 e. The van der Waals surface area contributed by atoms with Crippen molar-refractivity contribution in [3.63, 3.8) is 0 Å². The number of ether oxygens (including phenoxy) is 2. The van der Waals surface area contributed by atoms with Gasteiger partial charge in [-0.15, -0.1) is 0 Å². The fourth-order valence-corrected chi connectivity index (χ4v) is 4.37. The number of hydrogen-bond acceptors (Lipinski definition) is 4. The van der Waals surface area contributed by atoms with Crippen molar-refractivity contribution in [1.29, 1.82) is 0 Å². The third kappa shape index (κ3) is 8.05. The third-order valence-corrected chi connectivity index (χ3v) is 6.06. The van der Waals surface area contributed by atoms with E-state index in [2.05, 4.69) is 55.5 Å². The molecule has 0 fully saturated rings. The van der Waals surface area contributed by atoms with Crippen LogP contribution < -0.4 is 0 Å². The van der Waals surface area contributed by atoms with Crippen molar-refractivity contribution in [2.75, 3.05) is 13.2 Å². The van der Waals surface area contributed by atoms with Gasteiger partial charge in [-0.05, 0) is 106 Å². The molecule has 0 saturated heterocycles. The van der Waals surface area contributed by atoms with Crippen molar-refractivity contribution < 1.29 is 19.1 Å². The Bertz CT molecular complexity index is 1080. The number of benzene rings is 2. The average molecular weight is 588 g/mol. The summed E-state index contributed by atoms with van der Waals surface area (Å²) >= 11 is 7.00. The third-order valence-electron chi connectivity index (χ3n) is 4.81. The maximum atomic E-state index is 12.6. The molecule has 4 nitrogen and oxygen atoms in total. The SMILES string of the molecule is CCCCOC(=O)c1cc(C)cc(Br)c1C#CC#Cc1c(Br)cc(C)cc1C(=O)OCCCC. The molecule has 0 saturated carbocycles. The van der Waals surface area contributed by atoms with Gasteiger partial charge in [0.2, 0.25) is 0 Å². The Kier molecular flexibility index (Phi) is 11.4. The number of hydrogen-bond donors (Lipinski definition) is 0. The highest BCUT2D eigenvalue weighted by atomic mass is 79.9. The zero-order chi connectivity index (χ0) is 25.1. The summed E-state index contributed by atoms with van der Waals surface area (Å²) in [5.41, 5.74) is 3.66. The van der Waals surface area contributed by atoms with Crippen LogP contribution in [0.25, 0.3) is 0 Å². The topological polar surface area (TPSA) is 52.6 Å². The molecule has 2 aromatic rings. The summed E-state index contributed by atoms with van der Waals surface area (Å²) in [6.45, 7) is 8.62. The molecule has 0 bridgehead atoms. The minimum absolute atomic E-state index is 0.367. The average Bonchev–Trinajstić information content (AvgIpc) is 2.78. The zero-order valence-electron chi connectivity index (χ0n) is 19.9. The van der Waals surface area contributed by atoms with Crippen LogP contribution in [0.15, 0.2) is 33.2 Å². The fourth-order valence-electron chi connectivity index (χ4n) is 3.02. The molecule has 0 aliphatic heterocycles. The van der Waals surface area contributed by atoms with Gasteiger partial charge in [-0.25, -0.2) is 9.59 Å². The number of unbranched alkanes of at least 4 members (excludes halogenated alkanes) is 2. The number of aryl methyl sites for hydroxylation is 2. The number of halogens is 2. The molecule has 0 atom stereocenters. The van der Waals surface area contributed by atoms with Crippen molar-refractivity contribution in [2.45, 2.75) is 53.4 Å². The van der Waals surface area contributed by atoms with E-state index < -0.39 is 11.9 Å². The highest BCUT2D eigenvalue weighted by Crippen LogP contribution is 2.24. The molecule has 0 aliphatic rings. The lowest BCUT2D eigenvalue weighted by Crippen LogP contribution is -2.09. The Morgan fingerprint density at radius 2 is 1.12 bits per heavy atom. The van der Waals surface area contributed by atoms with Gasteiger partial charge in [-0.2, -0.15) is 0 Å². The van der Waals surface area contributed by atoms with E-state index in [9.17, 15) is 9.59 Å². The van der Waals surface area contributed by atoms with Crippen molar-refractivity contribution in [1.82, 2.24) is 0 Å². The van der Waals surface area contributed by atoms with Crippen LogP contribution in [-0.4, -0.2) is 25.2 Å². The van der Waals surface area contributed by atoms with E-state index in [1.54, 1.807) is 12.1 Å². The lowest BCUT2D eigenvalue weighted by Gasteiger charge is -2.09. The molecular formula is C28H28Br2O4. The lowest BCUT2D eigenvalue weighted by molar-refractivity contribution is 0.0490. The Hall–Kier alpha value is -2.54. The van der Waals surface area contributed by atoms with Gasteiger partial charge in [0, 0.05) is 8.95 Å². The maximum absolute atomic E-state index is 12.6. The number of carbonyl (C=O) groups is 2. The first-order valence-electron chi connectivity index (χ1n) is 11.2. The fraction of sp³-hybridized carbons (Fsp3) is 0.357. The second-order valence-corrected chi connectivity index (χ2v) is 9.53. The van der Waals surface area contributed by atoms with E-state index in [0.717, 1.165) is 36.8 Å². The molecule has 0 N–H and O–H groups in total. The standard InChI is InChI=1S/C28H28Br2O4/c1-5-7-13-33-27(31)23-15-19(3)17-25(29)21(23)11-9-10-12-22-24(16-20(4)18-26(22)30)28(32)34-14-8-6-2/h15-18H,5-8,13-14H2,1-4H3. The van der Waals surface area contributed by atoms with Gasteiger partial charge in [0.1, 0.15) is 0 Å². The Balaban J connectivity index is 2.38. The second kappa shape index (κ2) is 14.0. The molecule has 0 aliphatic carbocycles. The summed E-state index contributed by atoms with van der Waals surface area (Å²) in [6, 6.07) is 7.30. The van der Waals surface area contributed by atoms with E-state index in [1.165, 1.54) is 0 Å². The predicted octanol–water partition coefficient (Wildman–Crippen LogP) is 7.15. The van der Waals surface area contributed by atoms with E-state index in [4.69, 9.17) is 9.47 Å². The van der Waals surface area contributed by atoms with Gasteiger partial charge in [0.15, 0.2) is 0 Å². The summed E-state index contributed by atoms with van der Waals surface area (Å²) in [7, 11) is 0. The van der Waals surface area contributed by atoms with Crippen LogP contribution in [0.3, 0.4) is 0 Å². The molecule has 178 valence electrons. The quantitative estimate of drug-likeness (QED) is 0.187. The van der Waals surface area contributed by atoms with Gasteiger partial charge in [0.25, 0.3) is 0 Å². The lowest BCUT2D eigenvalue weighted by atomic mass is 10.0. The van der Waals surface area contributed by atoms with Crippen LogP contribution in [-0.2, 0) is 9.47 Å². The van der Waals surface area contributed by atoms with Crippen molar-refractivity contribution in [2.24, 2.45) is 0 Å². The Labute approximate surface area is 219 Å². The summed E-state index contributed by atoms with van der Waals surface area (Å²) in [5.74, 6) is 10.7. The van der Waals surface area contributed by atoms with Gasteiger partial charge in [-0.3, -0.25) is 0 Å². The first-order valence-corrected chi connectivity index (χ1v) is 12.8. The molecule has 2 aromatic carbocycles. The first kappa shape index (κ1) is 27.7. The normalized spacial score (nSPS) is 9.94. The minimum Gasteiger partial charge on any atom is -0.462 e. The van der Waals surface area contributed by atoms with Crippen LogP contribution in [0.5, 0.6) is 0 Å². The van der Waals surface area contributed by atoms with E-state index in [-0.39, 0.29) is 0 Å². The van der Waals surface area contributed by atoms with Crippen LogP contribution in [0, 0.1) is 37.5 Å². The molecule has 6 heteroatoms. The summed E-state index contributed by atoms with van der Waals surface area (Å²) in [6.07, 6.45) is 3.49. The molecule has 34 heavy (non-hydrogen) atoms. The van der Waals surface area contributed by atoms with Crippen LogP contribution in [0.1, 0.15) is 82.5 Å². The van der Waals surface area contributed by atoms with Crippen LogP contribution in [0.4, 0.5) is 0 Å². The number of carbonyl (C=O) groups excluding carboxylic acids is 2. The van der Waals surface area contributed by atoms with Gasteiger partial charge in [0.05, 0.1) is 35.5 Å². The Morgan fingerprint density at radius 3 is 1.47 bits per heavy atom.